The van der Waals surface area contributed by atoms with Crippen LogP contribution in [-0.4, -0.2) is 36.8 Å². The molecule has 2 aliphatic heterocycles. The fourth-order valence-electron chi connectivity index (χ4n) is 17.5. The third-order valence-corrected chi connectivity index (χ3v) is 21.2. The highest BCUT2D eigenvalue weighted by Crippen LogP contribution is 2.67. The van der Waals surface area contributed by atoms with Crippen molar-refractivity contribution in [2.45, 2.75) is 5.41 Å². The van der Waals surface area contributed by atoms with E-state index in [-0.39, 0.29) is 13.4 Å². The van der Waals surface area contributed by atoms with Crippen molar-refractivity contribution < 1.29 is 9.47 Å². The Morgan fingerprint density at radius 3 is 1.08 bits per heavy atom. The van der Waals surface area contributed by atoms with Crippen LogP contribution in [0.15, 0.2) is 315 Å². The van der Waals surface area contributed by atoms with Gasteiger partial charge in [0.25, 0.3) is 0 Å². The highest BCUT2D eigenvalue weighted by atomic mass is 16.5. The quantitative estimate of drug-likeness (QED) is 0.142. The molecule has 6 nitrogen and oxygen atoms in total. The summed E-state index contributed by atoms with van der Waals surface area (Å²) >= 11 is 0. The van der Waals surface area contributed by atoms with E-state index < -0.39 is 5.41 Å². The predicted octanol–water partition coefficient (Wildman–Crippen LogP) is 16.8. The van der Waals surface area contributed by atoms with Gasteiger partial charge in [-0.15, -0.1) is 0 Å². The Kier molecular flexibility index (Phi) is 11.6. The number of fused-ring (bicyclic) bond motifs is 22. The number of hydrogen-bond acceptors (Lipinski definition) is 4. The van der Waals surface area contributed by atoms with Gasteiger partial charge in [0, 0.05) is 78.2 Å². The first-order valence-corrected chi connectivity index (χ1v) is 32.9. The monoisotopic (exact) mass is 1210 g/mol. The smallest absolute Gasteiger partial charge is 0.246 e. The van der Waals surface area contributed by atoms with Crippen LogP contribution in [0, 0.1) is 0 Å². The molecule has 20 rings (SSSR count). The molecule has 95 heavy (non-hydrogen) atoms. The van der Waals surface area contributed by atoms with Crippen LogP contribution in [0.25, 0.3) is 77.2 Å². The molecular formula is C87H58B2N4O2. The maximum absolute atomic E-state index is 5.95. The molecule has 8 heteroatoms. The second kappa shape index (κ2) is 20.5. The number of rotatable bonds is 8. The summed E-state index contributed by atoms with van der Waals surface area (Å²) in [6, 6.07) is 118. The van der Waals surface area contributed by atoms with Gasteiger partial charge in [0.2, 0.25) is 13.4 Å². The van der Waals surface area contributed by atoms with Gasteiger partial charge < -0.3 is 28.4 Å². The Hall–Kier alpha value is -12.0. The Labute approximate surface area is 551 Å². The lowest BCUT2D eigenvalue weighted by molar-refractivity contribution is 0.415. The number of ether oxygens (including phenoxy) is 2. The Bertz CT molecular complexity index is 5750. The first-order chi connectivity index (χ1) is 47.1. The van der Waals surface area contributed by atoms with Crippen LogP contribution in [0.5, 0.6) is 11.5 Å². The first kappa shape index (κ1) is 53.7. The second-order valence-corrected chi connectivity index (χ2v) is 25.7. The van der Waals surface area contributed by atoms with E-state index in [2.05, 4.69) is 334 Å². The number of aromatic nitrogens is 2. The fraction of sp³-hybridized carbons (Fsp3) is 0.0345. The molecule has 1 spiro atoms. The van der Waals surface area contributed by atoms with Crippen molar-refractivity contribution in [3.63, 3.8) is 0 Å². The number of para-hydroxylation sites is 6. The molecule has 16 aromatic rings. The van der Waals surface area contributed by atoms with E-state index >= 15 is 0 Å². The van der Waals surface area contributed by atoms with E-state index in [9.17, 15) is 0 Å². The van der Waals surface area contributed by atoms with Crippen molar-refractivity contribution in [3.05, 3.63) is 338 Å². The van der Waals surface area contributed by atoms with Gasteiger partial charge in [0.15, 0.2) is 0 Å². The lowest BCUT2D eigenvalue weighted by Crippen LogP contribution is -2.57. The highest BCUT2D eigenvalue weighted by molar-refractivity contribution is 6.98. The third kappa shape index (κ3) is 7.42. The van der Waals surface area contributed by atoms with E-state index in [0.717, 1.165) is 56.1 Å². The van der Waals surface area contributed by atoms with Crippen molar-refractivity contribution in [1.29, 1.82) is 0 Å². The molecule has 4 aliphatic rings. The van der Waals surface area contributed by atoms with E-state index in [4.69, 9.17) is 9.47 Å². The average Bonchev–Trinajstić information content (AvgIpc) is 1.61. The number of methoxy groups -OCH3 is 2. The molecule has 0 bridgehead atoms. The van der Waals surface area contributed by atoms with Gasteiger partial charge in [0.05, 0.1) is 41.7 Å². The summed E-state index contributed by atoms with van der Waals surface area (Å²) in [5, 5.41) is 4.64. The topological polar surface area (TPSA) is 34.8 Å². The predicted molar refractivity (Wildman–Crippen MR) is 396 cm³/mol. The molecular weight excluding hydrogens is 1150 g/mol. The zero-order valence-electron chi connectivity index (χ0n) is 52.3. The Balaban J connectivity index is 0.962. The van der Waals surface area contributed by atoms with Gasteiger partial charge in [-0.3, -0.25) is 0 Å². The third-order valence-electron chi connectivity index (χ3n) is 21.2. The lowest BCUT2D eigenvalue weighted by atomic mass is 9.35. The van der Waals surface area contributed by atoms with Crippen LogP contribution >= 0.6 is 0 Å². The maximum Gasteiger partial charge on any atom is 0.246 e. The van der Waals surface area contributed by atoms with Crippen molar-refractivity contribution in [2.24, 2.45) is 0 Å². The zero-order valence-corrected chi connectivity index (χ0v) is 52.3. The van der Waals surface area contributed by atoms with E-state index in [1.165, 1.54) is 122 Å². The van der Waals surface area contributed by atoms with E-state index in [1.807, 2.05) is 0 Å². The summed E-state index contributed by atoms with van der Waals surface area (Å²) in [5.41, 5.74) is 30.2. The van der Waals surface area contributed by atoms with E-state index in [0.29, 0.717) is 0 Å². The molecule has 14 aromatic carbocycles. The summed E-state index contributed by atoms with van der Waals surface area (Å²) in [6.07, 6.45) is 0. The van der Waals surface area contributed by atoms with Crippen LogP contribution in [0.3, 0.4) is 0 Å². The van der Waals surface area contributed by atoms with Gasteiger partial charge in [0.1, 0.15) is 11.5 Å². The molecule has 4 heterocycles. The van der Waals surface area contributed by atoms with E-state index in [1.54, 1.807) is 14.2 Å². The minimum Gasteiger partial charge on any atom is -0.497 e. The minimum absolute atomic E-state index is 0.0634. The molecule has 444 valence electrons. The average molecular weight is 1210 g/mol. The number of nitrogens with zero attached hydrogens (tertiary/aromatic N) is 4. The van der Waals surface area contributed by atoms with Crippen LogP contribution in [-0.2, 0) is 5.41 Å². The van der Waals surface area contributed by atoms with Gasteiger partial charge in [-0.2, -0.15) is 0 Å². The molecule has 0 saturated heterocycles. The van der Waals surface area contributed by atoms with Crippen LogP contribution in [0.2, 0.25) is 0 Å². The minimum atomic E-state index is -0.845. The molecule has 0 N–H and O–H groups in total. The summed E-state index contributed by atoms with van der Waals surface area (Å²) in [6.45, 7) is -0.136. The van der Waals surface area contributed by atoms with Gasteiger partial charge >= 0.3 is 0 Å². The zero-order chi connectivity index (χ0) is 62.6. The Morgan fingerprint density at radius 1 is 0.284 bits per heavy atom. The molecule has 2 aliphatic carbocycles. The van der Waals surface area contributed by atoms with Gasteiger partial charge in [-0.05, 0) is 164 Å². The molecule has 2 aromatic heterocycles. The van der Waals surface area contributed by atoms with Crippen LogP contribution in [0.1, 0.15) is 22.3 Å². The molecule has 1 atom stereocenters. The first-order valence-electron chi connectivity index (χ1n) is 32.9. The number of benzene rings is 14. The summed E-state index contributed by atoms with van der Waals surface area (Å²) < 4.78 is 16.8. The van der Waals surface area contributed by atoms with Gasteiger partial charge in [-0.25, -0.2) is 0 Å². The van der Waals surface area contributed by atoms with Gasteiger partial charge in [-0.1, -0.05) is 217 Å². The van der Waals surface area contributed by atoms with Crippen molar-refractivity contribution in [2.75, 3.05) is 24.0 Å². The van der Waals surface area contributed by atoms with Crippen LogP contribution in [0.4, 0.5) is 34.1 Å². The summed E-state index contributed by atoms with van der Waals surface area (Å²) in [7, 11) is 3.49. The largest absolute Gasteiger partial charge is 0.497 e. The van der Waals surface area contributed by atoms with Crippen molar-refractivity contribution in [3.8, 4) is 45.1 Å². The summed E-state index contributed by atoms with van der Waals surface area (Å²) in [5.74, 6) is 1.60. The standard InChI is InChI=1S/C87H58B2N4O2/c1-94-61-41-49-79-65(53-61)66-54-62(95-2)42-50-80(66)91(79)60-40-44-70-68(52-60)84-72(46-48-76-86(84)93(58-29-13-6-14-30-58)82-38-22-18-34-74(82)89(76)56-25-9-4-10-26-56)87(70)69-43-39-59(90-77-35-19-15-31-63(77)64-32-16-20-36-78(64)90)51-67(69)83-71(87)45-47-75-85(83)92(57-27-11-5-12-28-57)81-37-21-17-33-73(81)88(75)55-23-7-3-8-24-55/h3-54H,1-2H3. The SMILES string of the molecule is COc1ccc2c(c1)c1cc(OC)ccc1n2-c1ccc2c(c1)-c1c(ccc3c1N(c1ccccc1)c1ccccc1B3c1ccccc1)C21c2ccc(-n3c4ccccc4c4ccccc43)cc2-c2c1ccc1c2N(c2ccccc2)c2ccccc2B1c1ccccc1. The Morgan fingerprint density at radius 2 is 0.653 bits per heavy atom. The molecule has 0 amide bonds. The number of anilines is 6. The van der Waals surface area contributed by atoms with Crippen molar-refractivity contribution in [1.82, 2.24) is 9.13 Å². The normalized spacial score (nSPS) is 14.6. The van der Waals surface area contributed by atoms with Crippen molar-refractivity contribution >= 4 is 124 Å². The fourth-order valence-corrected chi connectivity index (χ4v) is 17.5. The highest BCUT2D eigenvalue weighted by Gasteiger charge is 2.56. The van der Waals surface area contributed by atoms with Crippen LogP contribution < -0.4 is 52.1 Å². The molecule has 0 radical (unpaired) electrons. The number of hydrogen-bond donors (Lipinski definition) is 0. The maximum atomic E-state index is 5.95. The molecule has 0 saturated carbocycles. The molecule has 1 unspecified atom stereocenters. The molecule has 0 fully saturated rings. The summed E-state index contributed by atoms with van der Waals surface area (Å²) in [4.78, 5) is 5.18. The lowest BCUT2D eigenvalue weighted by Gasteiger charge is -2.40. The second-order valence-electron chi connectivity index (χ2n) is 25.7.